The molecule has 1 aliphatic heterocycles. The lowest BCUT2D eigenvalue weighted by atomic mass is 9.82. The molecule has 122 valence electrons. The van der Waals surface area contributed by atoms with Gasteiger partial charge in [-0.1, -0.05) is 29.8 Å². The highest BCUT2D eigenvalue weighted by Crippen LogP contribution is 2.34. The number of benzene rings is 1. The third kappa shape index (κ3) is 2.49. The molecule has 1 aromatic heterocycles. The minimum Gasteiger partial charge on any atom is -0.481 e. The number of hydrogen-bond donors (Lipinski definition) is 1. The zero-order valence-electron chi connectivity index (χ0n) is 13.2. The minimum atomic E-state index is -0.898. The van der Waals surface area contributed by atoms with Gasteiger partial charge in [0, 0.05) is 31.0 Å². The summed E-state index contributed by atoms with van der Waals surface area (Å²) in [6.07, 6.45) is 1.26. The molecule has 0 spiro atoms. The molecule has 0 bridgehead atoms. The summed E-state index contributed by atoms with van der Waals surface area (Å²) in [5.74, 6) is -1.07. The third-order valence-corrected chi connectivity index (χ3v) is 5.13. The molecule has 1 atom stereocenters. The molecule has 1 amide bonds. The molecule has 6 heteroatoms. The second-order valence-corrected chi connectivity index (χ2v) is 6.81. The van der Waals surface area contributed by atoms with Crippen LogP contribution in [0.15, 0.2) is 24.3 Å². The molecule has 2 heterocycles. The Labute approximate surface area is 139 Å². The second kappa shape index (κ2) is 5.57. The molecular formula is C17H19ClN2O3. The van der Waals surface area contributed by atoms with Crippen LogP contribution in [0.25, 0.3) is 10.9 Å². The van der Waals surface area contributed by atoms with Crippen molar-refractivity contribution < 1.29 is 14.7 Å². The van der Waals surface area contributed by atoms with Crippen LogP contribution in [0, 0.1) is 5.41 Å². The van der Waals surface area contributed by atoms with E-state index in [4.69, 9.17) is 11.6 Å². The van der Waals surface area contributed by atoms with Gasteiger partial charge in [-0.05, 0) is 25.8 Å². The Morgan fingerprint density at radius 2 is 2.00 bits per heavy atom. The van der Waals surface area contributed by atoms with Gasteiger partial charge < -0.3 is 14.6 Å². The Morgan fingerprint density at radius 1 is 1.30 bits per heavy atom. The minimum absolute atomic E-state index is 0.207. The van der Waals surface area contributed by atoms with Crippen molar-refractivity contribution in [3.05, 3.63) is 35.0 Å². The Balaban J connectivity index is 1.99. The summed E-state index contributed by atoms with van der Waals surface area (Å²) in [4.78, 5) is 26.0. The van der Waals surface area contributed by atoms with Crippen LogP contribution in [-0.4, -0.2) is 39.5 Å². The van der Waals surface area contributed by atoms with Gasteiger partial charge in [0.05, 0.1) is 10.4 Å². The van der Waals surface area contributed by atoms with Crippen LogP contribution < -0.4 is 0 Å². The van der Waals surface area contributed by atoms with E-state index < -0.39 is 11.4 Å². The van der Waals surface area contributed by atoms with E-state index in [1.165, 1.54) is 0 Å². The first kappa shape index (κ1) is 15.9. The second-order valence-electron chi connectivity index (χ2n) is 6.43. The first-order valence-electron chi connectivity index (χ1n) is 7.61. The number of para-hydroxylation sites is 1. The molecule has 0 saturated carbocycles. The fourth-order valence-electron chi connectivity index (χ4n) is 3.32. The molecule has 1 aromatic carbocycles. The Kier molecular flexibility index (Phi) is 3.84. The number of piperidine rings is 1. The number of carbonyl (C=O) groups is 2. The molecule has 1 unspecified atom stereocenters. The average molecular weight is 335 g/mol. The van der Waals surface area contributed by atoms with Crippen molar-refractivity contribution in [2.45, 2.75) is 19.8 Å². The van der Waals surface area contributed by atoms with Crippen molar-refractivity contribution in [3.63, 3.8) is 0 Å². The molecule has 3 rings (SSSR count). The average Bonchev–Trinajstić information content (AvgIpc) is 2.79. The number of aliphatic carboxylic acids is 1. The first-order chi connectivity index (χ1) is 10.8. The highest BCUT2D eigenvalue weighted by molar-refractivity contribution is 6.38. The lowest BCUT2D eigenvalue weighted by Crippen LogP contribution is -2.48. The van der Waals surface area contributed by atoms with Gasteiger partial charge in [0.1, 0.15) is 5.69 Å². The highest BCUT2D eigenvalue weighted by atomic mass is 35.5. The molecule has 23 heavy (non-hydrogen) atoms. The standard InChI is InChI=1S/C17H19ClN2O3/c1-17(16(22)23)8-5-9-20(10-17)15(21)14-13(18)11-6-3-4-7-12(11)19(14)2/h3-4,6-7H,5,8-10H2,1-2H3,(H,22,23). The van der Waals surface area contributed by atoms with E-state index in [0.29, 0.717) is 30.1 Å². The first-order valence-corrected chi connectivity index (χ1v) is 7.98. The van der Waals surface area contributed by atoms with Crippen molar-refractivity contribution in [3.8, 4) is 0 Å². The summed E-state index contributed by atoms with van der Waals surface area (Å²) in [6.45, 7) is 2.45. The maximum absolute atomic E-state index is 12.9. The molecule has 1 fully saturated rings. The molecule has 1 saturated heterocycles. The summed E-state index contributed by atoms with van der Waals surface area (Å²) < 4.78 is 1.78. The van der Waals surface area contributed by atoms with Gasteiger partial charge in [-0.3, -0.25) is 9.59 Å². The van der Waals surface area contributed by atoms with E-state index in [0.717, 1.165) is 10.9 Å². The smallest absolute Gasteiger partial charge is 0.311 e. The van der Waals surface area contributed by atoms with Crippen LogP contribution in [0.3, 0.4) is 0 Å². The summed E-state index contributed by atoms with van der Waals surface area (Å²) in [5, 5.41) is 10.7. The number of amides is 1. The number of rotatable bonds is 2. The molecule has 0 radical (unpaired) electrons. The molecule has 5 nitrogen and oxygen atoms in total. The number of aromatic nitrogens is 1. The van der Waals surface area contributed by atoms with E-state index in [1.54, 1.807) is 16.4 Å². The van der Waals surface area contributed by atoms with Crippen LogP contribution in [0.5, 0.6) is 0 Å². The van der Waals surface area contributed by atoms with E-state index in [-0.39, 0.29) is 12.5 Å². The van der Waals surface area contributed by atoms with Gasteiger partial charge >= 0.3 is 5.97 Å². The van der Waals surface area contributed by atoms with Gasteiger partial charge in [0.15, 0.2) is 0 Å². The van der Waals surface area contributed by atoms with Crippen LogP contribution in [0.4, 0.5) is 0 Å². The van der Waals surface area contributed by atoms with Crippen molar-refractivity contribution in [1.29, 1.82) is 0 Å². The summed E-state index contributed by atoms with van der Waals surface area (Å²) in [6, 6.07) is 7.57. The fourth-order valence-corrected chi connectivity index (χ4v) is 3.69. The van der Waals surface area contributed by atoms with Crippen LogP contribution in [-0.2, 0) is 11.8 Å². The van der Waals surface area contributed by atoms with E-state index in [2.05, 4.69) is 0 Å². The van der Waals surface area contributed by atoms with Gasteiger partial charge in [-0.2, -0.15) is 0 Å². The number of carboxylic acid groups (broad SMARTS) is 1. The van der Waals surface area contributed by atoms with Crippen LogP contribution >= 0.6 is 11.6 Å². The Morgan fingerprint density at radius 3 is 2.65 bits per heavy atom. The van der Waals surface area contributed by atoms with Gasteiger partial charge in [0.2, 0.25) is 0 Å². The Bertz CT molecular complexity index is 759. The number of halogens is 1. The molecule has 1 N–H and O–H groups in total. The largest absolute Gasteiger partial charge is 0.481 e. The monoisotopic (exact) mass is 334 g/mol. The number of likely N-dealkylation sites (tertiary alicyclic amines) is 1. The quantitative estimate of drug-likeness (QED) is 0.917. The van der Waals surface area contributed by atoms with E-state index in [1.807, 2.05) is 31.3 Å². The molecule has 0 aliphatic carbocycles. The molecule has 2 aromatic rings. The number of aryl methyl sites for hydroxylation is 1. The lowest BCUT2D eigenvalue weighted by molar-refractivity contribution is -0.150. The van der Waals surface area contributed by atoms with Crippen molar-refractivity contribution in [2.75, 3.05) is 13.1 Å². The van der Waals surface area contributed by atoms with Crippen LogP contribution in [0.2, 0.25) is 5.02 Å². The maximum Gasteiger partial charge on any atom is 0.311 e. The fraction of sp³-hybridized carbons (Fsp3) is 0.412. The summed E-state index contributed by atoms with van der Waals surface area (Å²) >= 11 is 6.43. The number of nitrogens with zero attached hydrogens (tertiary/aromatic N) is 2. The topological polar surface area (TPSA) is 62.5 Å². The lowest BCUT2D eigenvalue weighted by Gasteiger charge is -2.37. The van der Waals surface area contributed by atoms with E-state index >= 15 is 0 Å². The molecular weight excluding hydrogens is 316 g/mol. The van der Waals surface area contributed by atoms with Gasteiger partial charge in [-0.25, -0.2) is 0 Å². The number of fused-ring (bicyclic) bond motifs is 1. The van der Waals surface area contributed by atoms with Crippen LogP contribution in [0.1, 0.15) is 30.3 Å². The summed E-state index contributed by atoms with van der Waals surface area (Å²) in [7, 11) is 1.81. The number of hydrogen-bond acceptors (Lipinski definition) is 2. The zero-order chi connectivity index (χ0) is 16.8. The van der Waals surface area contributed by atoms with Crippen molar-refractivity contribution in [1.82, 2.24) is 9.47 Å². The maximum atomic E-state index is 12.9. The SMILES string of the molecule is Cn1c(C(=O)N2CCCC(C)(C(=O)O)C2)c(Cl)c2ccccc21. The predicted molar refractivity (Wildman–Crippen MR) is 88.8 cm³/mol. The predicted octanol–water partition coefficient (Wildman–Crippen LogP) is 3.16. The third-order valence-electron chi connectivity index (χ3n) is 4.75. The normalized spacial score (nSPS) is 21.6. The van der Waals surface area contributed by atoms with Crippen molar-refractivity contribution >= 4 is 34.4 Å². The number of carboxylic acids is 1. The van der Waals surface area contributed by atoms with Gasteiger partial charge in [-0.15, -0.1) is 0 Å². The Hall–Kier alpha value is -2.01. The van der Waals surface area contributed by atoms with Crippen molar-refractivity contribution in [2.24, 2.45) is 12.5 Å². The van der Waals surface area contributed by atoms with E-state index in [9.17, 15) is 14.7 Å². The highest BCUT2D eigenvalue weighted by Gasteiger charge is 2.40. The number of carbonyl (C=O) groups excluding carboxylic acids is 1. The molecule has 1 aliphatic rings. The summed E-state index contributed by atoms with van der Waals surface area (Å²) in [5.41, 5.74) is 0.409. The van der Waals surface area contributed by atoms with Gasteiger partial charge in [0.25, 0.3) is 5.91 Å². The zero-order valence-corrected chi connectivity index (χ0v) is 13.9.